The highest BCUT2D eigenvalue weighted by Crippen LogP contribution is 2.29. The Morgan fingerprint density at radius 1 is 1.40 bits per heavy atom. The molecule has 5 nitrogen and oxygen atoms in total. The zero-order valence-corrected chi connectivity index (χ0v) is 12.2. The van der Waals surface area contributed by atoms with Crippen LogP contribution in [0.1, 0.15) is 25.3 Å². The molecule has 1 aliphatic rings. The van der Waals surface area contributed by atoms with Gasteiger partial charge in [0.25, 0.3) is 0 Å². The number of urea groups is 1. The standard InChI is InChI=1S/C15H23N3O2/c1-15(12-16-14(19)17-20-2)9-6-10-18(15)11-13-7-4-3-5-8-13/h3-5,7-8H,6,9-12H2,1-2H3,(H2,16,17,19)/t15-/m1/s1. The zero-order valence-electron chi connectivity index (χ0n) is 12.2. The molecule has 5 heteroatoms. The van der Waals surface area contributed by atoms with Crippen molar-refractivity contribution in [2.24, 2.45) is 0 Å². The van der Waals surface area contributed by atoms with Crippen LogP contribution in [0.5, 0.6) is 0 Å². The van der Waals surface area contributed by atoms with Crippen molar-refractivity contribution < 1.29 is 9.63 Å². The Bertz CT molecular complexity index is 438. The molecule has 0 saturated carbocycles. The number of carbonyl (C=O) groups is 1. The van der Waals surface area contributed by atoms with Crippen molar-refractivity contribution in [1.29, 1.82) is 0 Å². The number of amides is 2. The van der Waals surface area contributed by atoms with Crippen LogP contribution in [0.15, 0.2) is 30.3 Å². The van der Waals surface area contributed by atoms with E-state index in [0.29, 0.717) is 6.54 Å². The number of benzene rings is 1. The first kappa shape index (κ1) is 14.8. The Hall–Kier alpha value is -1.59. The lowest BCUT2D eigenvalue weighted by Crippen LogP contribution is -2.51. The van der Waals surface area contributed by atoms with E-state index >= 15 is 0 Å². The van der Waals surface area contributed by atoms with Crippen molar-refractivity contribution in [3.05, 3.63) is 35.9 Å². The molecule has 20 heavy (non-hydrogen) atoms. The Kier molecular flexibility index (Phi) is 4.98. The molecule has 2 N–H and O–H groups in total. The minimum absolute atomic E-state index is 0.000916. The molecule has 0 aromatic heterocycles. The molecule has 0 bridgehead atoms. The maximum absolute atomic E-state index is 11.4. The van der Waals surface area contributed by atoms with E-state index in [9.17, 15) is 4.79 Å². The van der Waals surface area contributed by atoms with Gasteiger partial charge in [-0.1, -0.05) is 30.3 Å². The molecule has 2 rings (SSSR count). The number of hydroxylamine groups is 1. The summed E-state index contributed by atoms with van der Waals surface area (Å²) in [4.78, 5) is 18.5. The van der Waals surface area contributed by atoms with E-state index in [2.05, 4.69) is 51.7 Å². The number of rotatable bonds is 5. The summed E-state index contributed by atoms with van der Waals surface area (Å²) in [6.07, 6.45) is 2.25. The summed E-state index contributed by atoms with van der Waals surface area (Å²) in [5.74, 6) is 0. The van der Waals surface area contributed by atoms with Crippen molar-refractivity contribution in [2.75, 3.05) is 20.2 Å². The largest absolute Gasteiger partial charge is 0.338 e. The van der Waals surface area contributed by atoms with E-state index in [1.165, 1.54) is 12.7 Å². The summed E-state index contributed by atoms with van der Waals surface area (Å²) in [5, 5.41) is 2.87. The van der Waals surface area contributed by atoms with E-state index in [1.807, 2.05) is 6.07 Å². The second-order valence-corrected chi connectivity index (χ2v) is 5.50. The van der Waals surface area contributed by atoms with Crippen LogP contribution in [0, 0.1) is 0 Å². The van der Waals surface area contributed by atoms with E-state index < -0.39 is 0 Å². The minimum atomic E-state index is -0.291. The van der Waals surface area contributed by atoms with Gasteiger partial charge in [0.15, 0.2) is 0 Å². The van der Waals surface area contributed by atoms with Crippen LogP contribution in [0.25, 0.3) is 0 Å². The first-order valence-electron chi connectivity index (χ1n) is 7.00. The summed E-state index contributed by atoms with van der Waals surface area (Å²) in [6, 6.07) is 10.2. The average molecular weight is 277 g/mol. The van der Waals surface area contributed by atoms with Gasteiger partial charge in [-0.15, -0.1) is 0 Å². The van der Waals surface area contributed by atoms with Crippen LogP contribution in [0.4, 0.5) is 4.79 Å². The Morgan fingerprint density at radius 3 is 2.85 bits per heavy atom. The highest BCUT2D eigenvalue weighted by molar-refractivity contribution is 5.72. The van der Waals surface area contributed by atoms with Gasteiger partial charge in [-0.3, -0.25) is 9.74 Å². The summed E-state index contributed by atoms with van der Waals surface area (Å²) >= 11 is 0. The number of nitrogens with one attached hydrogen (secondary N) is 2. The fourth-order valence-electron chi connectivity index (χ4n) is 2.75. The Morgan fingerprint density at radius 2 is 2.15 bits per heavy atom. The number of carbonyl (C=O) groups excluding carboxylic acids is 1. The van der Waals surface area contributed by atoms with Gasteiger partial charge in [0.1, 0.15) is 0 Å². The van der Waals surface area contributed by atoms with Crippen LogP contribution in [-0.2, 0) is 11.4 Å². The summed E-state index contributed by atoms with van der Waals surface area (Å²) in [5.41, 5.74) is 3.59. The van der Waals surface area contributed by atoms with Gasteiger partial charge in [-0.25, -0.2) is 10.3 Å². The van der Waals surface area contributed by atoms with Gasteiger partial charge in [0, 0.05) is 18.6 Å². The fraction of sp³-hybridized carbons (Fsp3) is 0.533. The highest BCUT2D eigenvalue weighted by atomic mass is 16.6. The van der Waals surface area contributed by atoms with Gasteiger partial charge >= 0.3 is 6.03 Å². The lowest BCUT2D eigenvalue weighted by Gasteiger charge is -2.35. The van der Waals surface area contributed by atoms with Crippen molar-refractivity contribution >= 4 is 6.03 Å². The van der Waals surface area contributed by atoms with Crippen molar-refractivity contribution in [3.63, 3.8) is 0 Å². The smallest absolute Gasteiger partial charge is 0.335 e. The summed E-state index contributed by atoms with van der Waals surface area (Å²) in [6.45, 7) is 4.81. The van der Waals surface area contributed by atoms with E-state index in [1.54, 1.807) is 0 Å². The molecule has 1 aliphatic heterocycles. The monoisotopic (exact) mass is 277 g/mol. The van der Waals surface area contributed by atoms with E-state index in [0.717, 1.165) is 25.9 Å². The maximum atomic E-state index is 11.4. The molecular weight excluding hydrogens is 254 g/mol. The molecule has 2 amide bonds. The van der Waals surface area contributed by atoms with Crippen LogP contribution in [0.3, 0.4) is 0 Å². The number of nitrogens with zero attached hydrogens (tertiary/aromatic N) is 1. The molecule has 0 radical (unpaired) electrons. The lowest BCUT2D eigenvalue weighted by molar-refractivity contribution is 0.101. The first-order valence-corrected chi connectivity index (χ1v) is 7.00. The van der Waals surface area contributed by atoms with Crippen molar-refractivity contribution in [1.82, 2.24) is 15.7 Å². The van der Waals surface area contributed by atoms with Gasteiger partial charge in [0.05, 0.1) is 7.11 Å². The van der Waals surface area contributed by atoms with E-state index in [4.69, 9.17) is 0 Å². The third-order valence-corrected chi connectivity index (χ3v) is 3.95. The van der Waals surface area contributed by atoms with Gasteiger partial charge in [-0.05, 0) is 31.9 Å². The number of likely N-dealkylation sites (tertiary alicyclic amines) is 1. The molecule has 1 fully saturated rings. The average Bonchev–Trinajstić information content (AvgIpc) is 2.80. The second kappa shape index (κ2) is 6.72. The van der Waals surface area contributed by atoms with Gasteiger partial charge < -0.3 is 5.32 Å². The highest BCUT2D eigenvalue weighted by Gasteiger charge is 2.36. The summed E-state index contributed by atoms with van der Waals surface area (Å²) < 4.78 is 0. The molecule has 0 aliphatic carbocycles. The molecule has 0 spiro atoms. The van der Waals surface area contributed by atoms with Crippen molar-refractivity contribution in [3.8, 4) is 0 Å². The molecule has 1 aromatic carbocycles. The molecule has 0 unspecified atom stereocenters. The predicted molar refractivity (Wildman–Crippen MR) is 78.0 cm³/mol. The predicted octanol–water partition coefficient (Wildman–Crippen LogP) is 1.90. The number of hydrogen-bond acceptors (Lipinski definition) is 3. The Labute approximate surface area is 120 Å². The molecule has 1 aromatic rings. The normalized spacial score (nSPS) is 22.7. The SMILES string of the molecule is CONC(=O)NC[C@@]1(C)CCCN1Cc1ccccc1. The topological polar surface area (TPSA) is 53.6 Å². The third-order valence-electron chi connectivity index (χ3n) is 3.95. The van der Waals surface area contributed by atoms with Crippen molar-refractivity contribution in [2.45, 2.75) is 31.8 Å². The zero-order chi connectivity index (χ0) is 14.4. The Balaban J connectivity index is 1.93. The maximum Gasteiger partial charge on any atom is 0.338 e. The quantitative estimate of drug-likeness (QED) is 0.808. The lowest BCUT2D eigenvalue weighted by atomic mass is 9.98. The minimum Gasteiger partial charge on any atom is -0.335 e. The molecule has 110 valence electrons. The van der Waals surface area contributed by atoms with Gasteiger partial charge in [-0.2, -0.15) is 0 Å². The van der Waals surface area contributed by atoms with Crippen LogP contribution in [-0.4, -0.2) is 36.7 Å². The summed E-state index contributed by atoms with van der Waals surface area (Å²) in [7, 11) is 1.43. The number of hydrogen-bond donors (Lipinski definition) is 2. The molecule has 1 heterocycles. The molecule has 1 saturated heterocycles. The van der Waals surface area contributed by atoms with Gasteiger partial charge in [0.2, 0.25) is 0 Å². The third kappa shape index (κ3) is 3.71. The van der Waals surface area contributed by atoms with E-state index in [-0.39, 0.29) is 11.6 Å². The first-order chi connectivity index (χ1) is 9.64. The fourth-order valence-corrected chi connectivity index (χ4v) is 2.75. The molecular formula is C15H23N3O2. The van der Waals surface area contributed by atoms with Crippen LogP contribution >= 0.6 is 0 Å². The molecule has 1 atom stereocenters. The second-order valence-electron chi connectivity index (χ2n) is 5.50. The van der Waals surface area contributed by atoms with Crippen LogP contribution in [0.2, 0.25) is 0 Å². The van der Waals surface area contributed by atoms with Crippen LogP contribution < -0.4 is 10.8 Å².